The number of hydrogen-bond donors (Lipinski definition) is 0. The Morgan fingerprint density at radius 3 is 1.18 bits per heavy atom. The van der Waals surface area contributed by atoms with Gasteiger partial charge in [-0.25, -0.2) is 0 Å². The van der Waals surface area contributed by atoms with Crippen molar-refractivity contribution in [3.63, 3.8) is 0 Å². The molecule has 0 bridgehead atoms. The van der Waals surface area contributed by atoms with E-state index in [2.05, 4.69) is 159 Å². The molecule has 0 saturated carbocycles. The van der Waals surface area contributed by atoms with E-state index in [1.165, 1.54) is 44.5 Å². The molecule has 0 aromatic heterocycles. The maximum Gasteiger partial charge on any atom is -1.00 e. The molecule has 226 valence electrons. The smallest absolute Gasteiger partial charge is 1.00 e. The van der Waals surface area contributed by atoms with Gasteiger partial charge in [0.05, 0.1) is 0 Å². The van der Waals surface area contributed by atoms with E-state index in [0.29, 0.717) is 7.25 Å². The van der Waals surface area contributed by atoms with Gasteiger partial charge in [-0.3, -0.25) is 0 Å². The second-order valence-electron chi connectivity index (χ2n) is 14.5. The number of hydrogen-bond acceptors (Lipinski definition) is 0. The second kappa shape index (κ2) is 13.0. The molecule has 44 heavy (non-hydrogen) atoms. The van der Waals surface area contributed by atoms with Crippen LogP contribution < -0.4 is 24.8 Å². The minimum absolute atomic E-state index is 0. The first-order chi connectivity index (χ1) is 19.8. The van der Waals surface area contributed by atoms with E-state index in [0.717, 1.165) is 0 Å². The molecular weight excluding hydrogens is 671 g/mol. The van der Waals surface area contributed by atoms with Crippen molar-refractivity contribution in [2.75, 3.05) is 0 Å². The summed E-state index contributed by atoms with van der Waals surface area (Å²) in [5, 5.41) is 0. The molecule has 0 N–H and O–H groups in total. The quantitative estimate of drug-likeness (QED) is 0.275. The van der Waals surface area contributed by atoms with Crippen LogP contribution in [0.2, 0.25) is 0 Å². The van der Waals surface area contributed by atoms with Crippen molar-refractivity contribution in [2.45, 2.75) is 73.5 Å². The summed E-state index contributed by atoms with van der Waals surface area (Å²) < 4.78 is 1.23. The Balaban J connectivity index is 0.00000221. The molecule has 4 aromatic rings. The van der Waals surface area contributed by atoms with Crippen molar-refractivity contribution >= 4 is 19.0 Å². The van der Waals surface area contributed by atoms with Gasteiger partial charge in [-0.05, 0) is 0 Å². The monoisotopic (exact) mass is 712 g/mol. The minimum atomic E-state index is -2.04. The van der Waals surface area contributed by atoms with Crippen LogP contribution in [0.4, 0.5) is 0 Å². The third kappa shape index (κ3) is 6.35. The van der Waals surface area contributed by atoms with Gasteiger partial charge in [-0.2, -0.15) is 0 Å². The summed E-state index contributed by atoms with van der Waals surface area (Å²) in [4.78, 5) is 0. The van der Waals surface area contributed by atoms with Crippen LogP contribution >= 0.6 is 0 Å². The first-order valence-corrected chi connectivity index (χ1v) is 24.1. The van der Waals surface area contributed by atoms with Gasteiger partial charge in [0, 0.05) is 0 Å². The molecule has 0 heterocycles. The first-order valence-electron chi connectivity index (χ1n) is 15.4. The summed E-state index contributed by atoms with van der Waals surface area (Å²) in [5.41, 5.74) is 17.8. The van der Waals surface area contributed by atoms with E-state index in [1.54, 1.807) is 22.3 Å². The van der Waals surface area contributed by atoms with Crippen LogP contribution in [0.25, 0.3) is 34.4 Å². The normalized spacial score (nSPS) is 16.9. The summed E-state index contributed by atoms with van der Waals surface area (Å²) in [7, 11) is 0. The van der Waals surface area contributed by atoms with Crippen LogP contribution in [0, 0.1) is 0 Å². The second-order valence-corrected chi connectivity index (χ2v) is 25.0. The predicted octanol–water partition coefficient (Wildman–Crippen LogP) is 4.41. The van der Waals surface area contributed by atoms with Crippen molar-refractivity contribution in [3.8, 4) is 22.3 Å². The fourth-order valence-corrected chi connectivity index (χ4v) is 20.8. The standard InChI is InChI=1S/2C20H21.2ClH.H2Si.Zr/c2*1-14-12-16-6-5-7-18(19(16)13-14)15-8-10-17(11-9-15)20(2,3)4;;;;/h2*5-13H,1-4H3;2*1H;1H2;/q;;;;;+2/p-2. The van der Waals surface area contributed by atoms with Crippen molar-refractivity contribution in [1.82, 2.24) is 0 Å². The Morgan fingerprint density at radius 2 is 0.864 bits per heavy atom. The van der Waals surface area contributed by atoms with Crippen molar-refractivity contribution in [3.05, 3.63) is 129 Å². The molecule has 4 heteroatoms. The fourth-order valence-electron chi connectivity index (χ4n) is 7.06. The van der Waals surface area contributed by atoms with Crippen LogP contribution in [-0.2, 0) is 31.2 Å². The maximum atomic E-state index is 2.52. The average Bonchev–Trinajstić information content (AvgIpc) is 3.47. The van der Waals surface area contributed by atoms with Crippen LogP contribution in [0.5, 0.6) is 0 Å². The van der Waals surface area contributed by atoms with Crippen LogP contribution in [0.3, 0.4) is 0 Å². The molecule has 0 nitrogen and oxygen atoms in total. The molecule has 2 unspecified atom stereocenters. The largest absolute Gasteiger partial charge is 1.00 e. The van der Waals surface area contributed by atoms with Gasteiger partial charge in [-0.15, -0.1) is 0 Å². The Labute approximate surface area is 287 Å². The first kappa shape index (κ1) is 34.9. The fraction of sp³-hybridized carbons (Fsp3) is 0.300. The number of rotatable bonds is 4. The molecule has 4 aromatic carbocycles. The summed E-state index contributed by atoms with van der Waals surface area (Å²) >= 11 is -2.04. The predicted molar refractivity (Wildman–Crippen MR) is 182 cm³/mol. The zero-order valence-electron chi connectivity index (χ0n) is 27.4. The van der Waals surface area contributed by atoms with Gasteiger partial charge < -0.3 is 24.8 Å². The maximum absolute atomic E-state index is 2.52. The molecule has 2 aliphatic carbocycles. The molecular formula is C40H44Cl2SiZr. The van der Waals surface area contributed by atoms with Gasteiger partial charge in [0.2, 0.25) is 0 Å². The molecule has 0 saturated heterocycles. The van der Waals surface area contributed by atoms with E-state index in [-0.39, 0.29) is 35.6 Å². The van der Waals surface area contributed by atoms with E-state index < -0.39 is 20.4 Å². The van der Waals surface area contributed by atoms with E-state index >= 15 is 0 Å². The van der Waals surface area contributed by atoms with E-state index in [1.807, 2.05) is 0 Å². The Kier molecular flexibility index (Phi) is 10.3. The summed E-state index contributed by atoms with van der Waals surface area (Å²) in [6.07, 6.45) is 5.04. The van der Waals surface area contributed by atoms with Crippen LogP contribution in [-0.4, -0.2) is 6.88 Å². The third-order valence-electron chi connectivity index (χ3n) is 9.42. The minimum Gasteiger partial charge on any atom is -1.00 e. The van der Waals surface area contributed by atoms with Gasteiger partial charge >= 0.3 is 265 Å². The molecule has 6 rings (SSSR count). The Bertz CT molecular complexity index is 1630. The summed E-state index contributed by atoms with van der Waals surface area (Å²) in [6.45, 7) is 20.9. The van der Waals surface area contributed by atoms with Crippen LogP contribution in [0.15, 0.2) is 96.1 Å². The SMILES string of the molecule is CC1=Cc2c(-c3ccc(C(C)(C)C)cc3)cccc2[CH]1[Zr+2](=[SiH2])[CH]1C(C)=Cc2c(-c3ccc(C(C)(C)C)cc3)cccc21.[Cl-].[Cl-]. The van der Waals surface area contributed by atoms with Crippen molar-refractivity contribution < 1.29 is 45.2 Å². The van der Waals surface area contributed by atoms with Crippen molar-refractivity contribution in [1.29, 1.82) is 0 Å². The summed E-state index contributed by atoms with van der Waals surface area (Å²) in [6, 6.07) is 32.7. The molecule has 0 aliphatic heterocycles. The summed E-state index contributed by atoms with van der Waals surface area (Å²) in [5.74, 6) is 0. The van der Waals surface area contributed by atoms with Gasteiger partial charge in [0.1, 0.15) is 0 Å². The number of benzene rings is 4. The molecule has 0 radical (unpaired) electrons. The third-order valence-corrected chi connectivity index (χ3v) is 21.7. The van der Waals surface area contributed by atoms with Crippen molar-refractivity contribution in [2.24, 2.45) is 0 Å². The van der Waals surface area contributed by atoms with Gasteiger partial charge in [0.15, 0.2) is 0 Å². The zero-order valence-corrected chi connectivity index (χ0v) is 32.7. The molecule has 0 fully saturated rings. The van der Waals surface area contributed by atoms with E-state index in [4.69, 9.17) is 0 Å². The van der Waals surface area contributed by atoms with Crippen LogP contribution in [0.1, 0.15) is 96.0 Å². The number of halogens is 2. The number of fused-ring (bicyclic) bond motifs is 2. The molecule has 0 spiro atoms. The Morgan fingerprint density at radius 1 is 0.523 bits per heavy atom. The van der Waals surface area contributed by atoms with Gasteiger partial charge in [-0.1, -0.05) is 0 Å². The molecule has 0 amide bonds. The number of allylic oxidation sites excluding steroid dienone is 2. The molecule has 2 aliphatic rings. The van der Waals surface area contributed by atoms with Gasteiger partial charge in [0.25, 0.3) is 0 Å². The van der Waals surface area contributed by atoms with E-state index in [9.17, 15) is 0 Å². The molecule has 2 atom stereocenters. The topological polar surface area (TPSA) is 0 Å². The average molecular weight is 715 g/mol. The Hall–Kier alpha value is -1.96. The zero-order chi connectivity index (χ0) is 30.0.